The Bertz CT molecular complexity index is 378. The molecule has 0 aromatic carbocycles. The van der Waals surface area contributed by atoms with E-state index in [2.05, 4.69) is 26.3 Å². The summed E-state index contributed by atoms with van der Waals surface area (Å²) in [4.78, 5) is 11.3. The Morgan fingerprint density at radius 3 is 2.75 bits per heavy atom. The second kappa shape index (κ2) is 4.97. The summed E-state index contributed by atoms with van der Waals surface area (Å²) in [6.07, 6.45) is 3.39. The van der Waals surface area contributed by atoms with E-state index in [4.69, 9.17) is 0 Å². The first kappa shape index (κ1) is 13.2. The largest absolute Gasteiger partial charge is 0.480 e. The molecule has 6 heteroatoms. The fourth-order valence-corrected chi connectivity index (χ4v) is 1.89. The van der Waals surface area contributed by atoms with Crippen LogP contribution in [0, 0.1) is 0 Å². The maximum absolute atomic E-state index is 11.3. The molecule has 0 saturated carbocycles. The lowest BCUT2D eigenvalue weighted by molar-refractivity contribution is -0.145. The number of hydrogen-bond acceptors (Lipinski definition) is 3. The molecule has 1 heterocycles. The standard InChI is InChI=1S/C10H16BrN3O2/c1-7(2)13-10(3,9(15)16)6-14-5-8(11)4-12-14/h4-5,7,13H,6H2,1-3H3,(H,15,16). The molecule has 1 aromatic rings. The summed E-state index contributed by atoms with van der Waals surface area (Å²) in [7, 11) is 0. The first-order valence-corrected chi connectivity index (χ1v) is 5.82. The summed E-state index contributed by atoms with van der Waals surface area (Å²) in [5.74, 6) is -0.882. The van der Waals surface area contributed by atoms with Gasteiger partial charge < -0.3 is 5.11 Å². The zero-order valence-corrected chi connectivity index (χ0v) is 11.2. The summed E-state index contributed by atoms with van der Waals surface area (Å²) >= 11 is 3.28. The van der Waals surface area contributed by atoms with Crippen LogP contribution in [0.4, 0.5) is 0 Å². The first-order valence-electron chi connectivity index (χ1n) is 5.02. The van der Waals surface area contributed by atoms with Crippen molar-refractivity contribution < 1.29 is 9.90 Å². The Labute approximate surface area is 103 Å². The molecule has 0 aliphatic rings. The van der Waals surface area contributed by atoms with Gasteiger partial charge in [0.15, 0.2) is 0 Å². The van der Waals surface area contributed by atoms with Crippen molar-refractivity contribution in [3.8, 4) is 0 Å². The van der Waals surface area contributed by atoms with Gasteiger partial charge in [0.1, 0.15) is 5.54 Å². The van der Waals surface area contributed by atoms with Gasteiger partial charge in [0, 0.05) is 12.2 Å². The second-order valence-electron chi connectivity index (χ2n) is 4.29. The maximum Gasteiger partial charge on any atom is 0.325 e. The van der Waals surface area contributed by atoms with Gasteiger partial charge in [-0.05, 0) is 36.7 Å². The topological polar surface area (TPSA) is 67.2 Å². The van der Waals surface area contributed by atoms with Crippen molar-refractivity contribution in [1.29, 1.82) is 0 Å². The molecule has 0 saturated heterocycles. The number of aliphatic carboxylic acids is 1. The van der Waals surface area contributed by atoms with Crippen molar-refractivity contribution in [2.75, 3.05) is 0 Å². The Morgan fingerprint density at radius 2 is 2.38 bits per heavy atom. The highest BCUT2D eigenvalue weighted by Gasteiger charge is 2.34. The molecule has 0 radical (unpaired) electrons. The highest BCUT2D eigenvalue weighted by Crippen LogP contribution is 2.12. The summed E-state index contributed by atoms with van der Waals surface area (Å²) in [5, 5.41) is 16.3. The molecule has 0 fully saturated rings. The van der Waals surface area contributed by atoms with Crippen LogP contribution in [0.25, 0.3) is 0 Å². The molecule has 0 aliphatic carbocycles. The van der Waals surface area contributed by atoms with E-state index in [-0.39, 0.29) is 12.6 Å². The molecule has 1 aromatic heterocycles. The van der Waals surface area contributed by atoms with Gasteiger partial charge in [-0.3, -0.25) is 14.8 Å². The van der Waals surface area contributed by atoms with Crippen LogP contribution in [-0.2, 0) is 11.3 Å². The minimum atomic E-state index is -1.01. The smallest absolute Gasteiger partial charge is 0.325 e. The number of carboxylic acid groups (broad SMARTS) is 1. The number of rotatable bonds is 5. The van der Waals surface area contributed by atoms with Crippen LogP contribution in [0.1, 0.15) is 20.8 Å². The summed E-state index contributed by atoms with van der Waals surface area (Å²) in [6, 6.07) is 0.0973. The van der Waals surface area contributed by atoms with E-state index in [1.807, 2.05) is 13.8 Å². The van der Waals surface area contributed by atoms with Gasteiger partial charge in [-0.1, -0.05) is 0 Å². The maximum atomic E-state index is 11.3. The fraction of sp³-hybridized carbons (Fsp3) is 0.600. The highest BCUT2D eigenvalue weighted by atomic mass is 79.9. The molecule has 0 bridgehead atoms. The van der Waals surface area contributed by atoms with E-state index in [9.17, 15) is 9.90 Å². The van der Waals surface area contributed by atoms with Crippen LogP contribution < -0.4 is 5.32 Å². The third-order valence-electron chi connectivity index (χ3n) is 2.16. The predicted molar refractivity (Wildman–Crippen MR) is 64.2 cm³/mol. The Balaban J connectivity index is 2.82. The molecule has 1 atom stereocenters. The van der Waals surface area contributed by atoms with Gasteiger partial charge in [-0.25, -0.2) is 0 Å². The van der Waals surface area contributed by atoms with Crippen molar-refractivity contribution in [2.24, 2.45) is 0 Å². The number of carbonyl (C=O) groups is 1. The summed E-state index contributed by atoms with van der Waals surface area (Å²) in [6.45, 7) is 5.78. The third kappa shape index (κ3) is 3.31. The zero-order chi connectivity index (χ0) is 12.3. The quantitative estimate of drug-likeness (QED) is 0.862. The van der Waals surface area contributed by atoms with Crippen LogP contribution in [0.15, 0.2) is 16.9 Å². The number of halogens is 1. The van der Waals surface area contributed by atoms with Crippen molar-refractivity contribution in [3.05, 3.63) is 16.9 Å². The van der Waals surface area contributed by atoms with Crippen LogP contribution in [-0.4, -0.2) is 32.4 Å². The van der Waals surface area contributed by atoms with Crippen LogP contribution >= 0.6 is 15.9 Å². The lowest BCUT2D eigenvalue weighted by Crippen LogP contribution is -2.55. The molecule has 0 aliphatic heterocycles. The molecule has 5 nitrogen and oxygen atoms in total. The minimum absolute atomic E-state index is 0.0973. The average Bonchev–Trinajstić information content (AvgIpc) is 2.49. The summed E-state index contributed by atoms with van der Waals surface area (Å²) < 4.78 is 2.44. The minimum Gasteiger partial charge on any atom is -0.480 e. The molecule has 16 heavy (non-hydrogen) atoms. The molecule has 2 N–H and O–H groups in total. The Hall–Kier alpha value is -0.880. The zero-order valence-electron chi connectivity index (χ0n) is 9.57. The number of aromatic nitrogens is 2. The molecule has 0 amide bonds. The van der Waals surface area contributed by atoms with Crippen molar-refractivity contribution in [3.63, 3.8) is 0 Å². The van der Waals surface area contributed by atoms with Crippen LogP contribution in [0.3, 0.4) is 0 Å². The van der Waals surface area contributed by atoms with E-state index >= 15 is 0 Å². The monoisotopic (exact) mass is 289 g/mol. The first-order chi connectivity index (χ1) is 7.33. The van der Waals surface area contributed by atoms with E-state index in [0.29, 0.717) is 0 Å². The molecule has 0 spiro atoms. The number of nitrogens with one attached hydrogen (secondary N) is 1. The van der Waals surface area contributed by atoms with Crippen LogP contribution in [0.2, 0.25) is 0 Å². The molecule has 1 rings (SSSR count). The van der Waals surface area contributed by atoms with E-state index in [1.165, 1.54) is 0 Å². The lowest BCUT2D eigenvalue weighted by Gasteiger charge is -2.28. The van der Waals surface area contributed by atoms with Crippen molar-refractivity contribution >= 4 is 21.9 Å². The van der Waals surface area contributed by atoms with E-state index < -0.39 is 11.5 Å². The van der Waals surface area contributed by atoms with Gasteiger partial charge in [0.05, 0.1) is 17.2 Å². The number of hydrogen-bond donors (Lipinski definition) is 2. The van der Waals surface area contributed by atoms with E-state index in [0.717, 1.165) is 4.47 Å². The van der Waals surface area contributed by atoms with Gasteiger partial charge in [0.2, 0.25) is 0 Å². The van der Waals surface area contributed by atoms with Gasteiger partial charge in [-0.2, -0.15) is 5.10 Å². The van der Waals surface area contributed by atoms with Gasteiger partial charge >= 0.3 is 5.97 Å². The highest BCUT2D eigenvalue weighted by molar-refractivity contribution is 9.10. The van der Waals surface area contributed by atoms with Gasteiger partial charge in [-0.15, -0.1) is 0 Å². The number of nitrogens with zero attached hydrogens (tertiary/aromatic N) is 2. The Kier molecular flexibility index (Phi) is 4.09. The third-order valence-corrected chi connectivity index (χ3v) is 2.57. The summed E-state index contributed by atoms with van der Waals surface area (Å²) in [5.41, 5.74) is -1.01. The van der Waals surface area contributed by atoms with E-state index in [1.54, 1.807) is 24.0 Å². The molecule has 90 valence electrons. The van der Waals surface area contributed by atoms with Crippen molar-refractivity contribution in [2.45, 2.75) is 38.9 Å². The molecular weight excluding hydrogens is 274 g/mol. The lowest BCUT2D eigenvalue weighted by atomic mass is 10.0. The predicted octanol–water partition coefficient (Wildman–Crippen LogP) is 1.49. The SMILES string of the molecule is CC(C)NC(C)(Cn1cc(Br)cn1)C(=O)O. The van der Waals surface area contributed by atoms with Crippen LogP contribution in [0.5, 0.6) is 0 Å². The van der Waals surface area contributed by atoms with Crippen molar-refractivity contribution in [1.82, 2.24) is 15.1 Å². The molecular formula is C10H16BrN3O2. The second-order valence-corrected chi connectivity index (χ2v) is 5.21. The number of carboxylic acids is 1. The molecule has 1 unspecified atom stereocenters. The Morgan fingerprint density at radius 1 is 1.75 bits per heavy atom. The van der Waals surface area contributed by atoms with Gasteiger partial charge in [0.25, 0.3) is 0 Å². The average molecular weight is 290 g/mol. The fourth-order valence-electron chi connectivity index (χ4n) is 1.56. The normalized spacial score (nSPS) is 15.1.